The predicted octanol–water partition coefficient (Wildman–Crippen LogP) is 3.18. The number of hydrogen-bond donors (Lipinski definition) is 1. The molecule has 0 radical (unpaired) electrons. The van der Waals surface area contributed by atoms with E-state index in [2.05, 4.69) is 31.9 Å². The van der Waals surface area contributed by atoms with Crippen LogP contribution in [0.15, 0.2) is 0 Å². The van der Waals surface area contributed by atoms with Gasteiger partial charge in [0.15, 0.2) is 0 Å². The van der Waals surface area contributed by atoms with Crippen LogP contribution in [-0.4, -0.2) is 21.2 Å². The first-order valence-corrected chi connectivity index (χ1v) is 6.15. The van der Waals surface area contributed by atoms with Gasteiger partial charge in [-0.1, -0.05) is 51.1 Å². The molecular formula is C8H14Br2O2. The highest BCUT2D eigenvalue weighted by Crippen LogP contribution is 2.12. The lowest BCUT2D eigenvalue weighted by Gasteiger charge is -2.02. The van der Waals surface area contributed by atoms with E-state index in [-0.39, 0.29) is 4.83 Å². The second-order valence-electron chi connectivity index (χ2n) is 2.70. The SMILES string of the molecule is O=C(O)C(Br)CCCCCCBr. The van der Waals surface area contributed by atoms with Gasteiger partial charge in [0.05, 0.1) is 0 Å². The highest BCUT2D eigenvalue weighted by Gasteiger charge is 2.11. The molecular weight excluding hydrogens is 288 g/mol. The number of carboxylic acid groups (broad SMARTS) is 1. The topological polar surface area (TPSA) is 37.3 Å². The average Bonchev–Trinajstić information content (AvgIpc) is 2.03. The molecule has 0 heterocycles. The first-order valence-electron chi connectivity index (χ1n) is 4.11. The summed E-state index contributed by atoms with van der Waals surface area (Å²) in [5.41, 5.74) is 0. The van der Waals surface area contributed by atoms with E-state index in [1.807, 2.05) is 0 Å². The van der Waals surface area contributed by atoms with Crippen molar-refractivity contribution < 1.29 is 9.90 Å². The van der Waals surface area contributed by atoms with Crippen molar-refractivity contribution in [3.8, 4) is 0 Å². The van der Waals surface area contributed by atoms with E-state index >= 15 is 0 Å². The minimum absolute atomic E-state index is 0.360. The fourth-order valence-corrected chi connectivity index (χ4v) is 1.62. The molecule has 12 heavy (non-hydrogen) atoms. The first kappa shape index (κ1) is 12.4. The van der Waals surface area contributed by atoms with E-state index in [0.717, 1.165) is 24.6 Å². The maximum absolute atomic E-state index is 10.4. The van der Waals surface area contributed by atoms with Crippen molar-refractivity contribution in [2.24, 2.45) is 0 Å². The van der Waals surface area contributed by atoms with Gasteiger partial charge < -0.3 is 5.11 Å². The Labute approximate surface area is 90.0 Å². The predicted molar refractivity (Wildman–Crippen MR) is 57.2 cm³/mol. The third-order valence-electron chi connectivity index (χ3n) is 1.61. The summed E-state index contributed by atoms with van der Waals surface area (Å²) in [4.78, 5) is 10.0. The summed E-state index contributed by atoms with van der Waals surface area (Å²) < 4.78 is 0. The molecule has 0 bridgehead atoms. The number of alkyl halides is 2. The van der Waals surface area contributed by atoms with Crippen LogP contribution in [-0.2, 0) is 4.79 Å². The van der Waals surface area contributed by atoms with E-state index in [4.69, 9.17) is 5.11 Å². The zero-order chi connectivity index (χ0) is 9.40. The second kappa shape index (κ2) is 8.05. The summed E-state index contributed by atoms with van der Waals surface area (Å²) in [6.45, 7) is 0. The number of unbranched alkanes of at least 4 members (excludes halogenated alkanes) is 3. The number of halogens is 2. The molecule has 0 spiro atoms. The van der Waals surface area contributed by atoms with Crippen molar-refractivity contribution in [2.45, 2.75) is 36.9 Å². The lowest BCUT2D eigenvalue weighted by molar-refractivity contribution is -0.136. The molecule has 0 amide bonds. The minimum atomic E-state index is -0.754. The lowest BCUT2D eigenvalue weighted by Crippen LogP contribution is -2.11. The van der Waals surface area contributed by atoms with Gasteiger partial charge in [0.25, 0.3) is 0 Å². The molecule has 0 aromatic rings. The summed E-state index contributed by atoms with van der Waals surface area (Å²) in [6.07, 6.45) is 5.22. The van der Waals surface area contributed by atoms with E-state index in [1.54, 1.807) is 0 Å². The van der Waals surface area contributed by atoms with Crippen LogP contribution in [0.1, 0.15) is 32.1 Å². The highest BCUT2D eigenvalue weighted by atomic mass is 79.9. The Kier molecular flexibility index (Phi) is 8.34. The van der Waals surface area contributed by atoms with Crippen LogP contribution in [0, 0.1) is 0 Å². The largest absolute Gasteiger partial charge is 0.480 e. The minimum Gasteiger partial charge on any atom is -0.480 e. The smallest absolute Gasteiger partial charge is 0.317 e. The number of hydrogen-bond acceptors (Lipinski definition) is 1. The maximum atomic E-state index is 10.4. The molecule has 0 aliphatic rings. The van der Waals surface area contributed by atoms with Crippen LogP contribution >= 0.6 is 31.9 Å². The van der Waals surface area contributed by atoms with Crippen molar-refractivity contribution in [1.82, 2.24) is 0 Å². The lowest BCUT2D eigenvalue weighted by atomic mass is 10.1. The van der Waals surface area contributed by atoms with Gasteiger partial charge in [-0.25, -0.2) is 0 Å². The summed E-state index contributed by atoms with van der Waals surface area (Å²) in [5.74, 6) is -0.754. The fourth-order valence-electron chi connectivity index (χ4n) is 0.895. The molecule has 0 aromatic carbocycles. The zero-order valence-corrected chi connectivity index (χ0v) is 10.1. The highest BCUT2D eigenvalue weighted by molar-refractivity contribution is 9.10. The Morgan fingerprint density at radius 1 is 1.25 bits per heavy atom. The van der Waals surface area contributed by atoms with Gasteiger partial charge in [-0.15, -0.1) is 0 Å². The summed E-state index contributed by atoms with van der Waals surface area (Å²) in [5, 5.41) is 9.58. The van der Waals surface area contributed by atoms with Crippen LogP contribution in [0.5, 0.6) is 0 Å². The number of carbonyl (C=O) groups is 1. The van der Waals surface area contributed by atoms with Gasteiger partial charge >= 0.3 is 5.97 Å². The molecule has 0 aromatic heterocycles. The summed E-state index contributed by atoms with van der Waals surface area (Å²) in [6, 6.07) is 0. The standard InChI is InChI=1S/C8H14Br2O2/c9-6-4-2-1-3-5-7(10)8(11)12/h7H,1-6H2,(H,11,12). The van der Waals surface area contributed by atoms with Crippen LogP contribution in [0.2, 0.25) is 0 Å². The molecule has 0 saturated heterocycles. The third-order valence-corrected chi connectivity index (χ3v) is 3.02. The van der Waals surface area contributed by atoms with Gasteiger partial charge in [-0.05, 0) is 12.8 Å². The maximum Gasteiger partial charge on any atom is 0.317 e. The first-order chi connectivity index (χ1) is 5.68. The third kappa shape index (κ3) is 7.10. The quantitative estimate of drug-likeness (QED) is 0.579. The zero-order valence-electron chi connectivity index (χ0n) is 6.93. The van der Waals surface area contributed by atoms with Gasteiger partial charge in [0.1, 0.15) is 4.83 Å². The Morgan fingerprint density at radius 3 is 2.33 bits per heavy atom. The second-order valence-corrected chi connectivity index (χ2v) is 4.60. The van der Waals surface area contributed by atoms with E-state index < -0.39 is 5.97 Å². The van der Waals surface area contributed by atoms with Crippen molar-refractivity contribution >= 4 is 37.8 Å². The molecule has 72 valence electrons. The van der Waals surface area contributed by atoms with Crippen molar-refractivity contribution in [2.75, 3.05) is 5.33 Å². The Morgan fingerprint density at radius 2 is 1.83 bits per heavy atom. The number of aliphatic carboxylic acids is 1. The average molecular weight is 302 g/mol. The van der Waals surface area contributed by atoms with Crippen molar-refractivity contribution in [1.29, 1.82) is 0 Å². The van der Waals surface area contributed by atoms with Gasteiger partial charge in [-0.3, -0.25) is 4.79 Å². The van der Waals surface area contributed by atoms with E-state index in [0.29, 0.717) is 0 Å². The molecule has 2 nitrogen and oxygen atoms in total. The van der Waals surface area contributed by atoms with Gasteiger partial charge in [0, 0.05) is 5.33 Å². The fraction of sp³-hybridized carbons (Fsp3) is 0.875. The Bertz CT molecular complexity index is 128. The van der Waals surface area contributed by atoms with Gasteiger partial charge in [-0.2, -0.15) is 0 Å². The molecule has 1 unspecified atom stereocenters. The Hall–Kier alpha value is 0.430. The van der Waals surface area contributed by atoms with Gasteiger partial charge in [0.2, 0.25) is 0 Å². The normalized spacial score (nSPS) is 12.8. The molecule has 1 N–H and O–H groups in total. The molecule has 0 saturated carbocycles. The Balaban J connectivity index is 3.14. The summed E-state index contributed by atoms with van der Waals surface area (Å²) in [7, 11) is 0. The molecule has 0 aliphatic heterocycles. The van der Waals surface area contributed by atoms with Crippen LogP contribution in [0.4, 0.5) is 0 Å². The number of rotatable bonds is 7. The van der Waals surface area contributed by atoms with Crippen molar-refractivity contribution in [3.63, 3.8) is 0 Å². The van der Waals surface area contributed by atoms with Crippen LogP contribution < -0.4 is 0 Å². The van der Waals surface area contributed by atoms with Crippen LogP contribution in [0.25, 0.3) is 0 Å². The van der Waals surface area contributed by atoms with Crippen LogP contribution in [0.3, 0.4) is 0 Å². The molecule has 1 atom stereocenters. The number of carboxylic acids is 1. The monoisotopic (exact) mass is 300 g/mol. The molecule has 4 heteroatoms. The molecule has 0 rings (SSSR count). The molecule has 0 fully saturated rings. The summed E-state index contributed by atoms with van der Waals surface area (Å²) >= 11 is 6.45. The van der Waals surface area contributed by atoms with Crippen molar-refractivity contribution in [3.05, 3.63) is 0 Å². The van der Waals surface area contributed by atoms with E-state index in [9.17, 15) is 4.79 Å². The van der Waals surface area contributed by atoms with E-state index in [1.165, 1.54) is 12.8 Å². The molecule has 0 aliphatic carbocycles.